The molecule has 0 saturated carbocycles. The lowest BCUT2D eigenvalue weighted by Crippen LogP contribution is -0.996. The monoisotopic (exact) mass is 114 g/mol. The molecule has 0 rings (SSSR count). The summed E-state index contributed by atoms with van der Waals surface area (Å²) < 4.78 is 43.5. The van der Waals surface area contributed by atoms with Crippen LogP contribution in [0.25, 0.3) is 0 Å². The second kappa shape index (κ2) is 578. The predicted octanol–water partition coefficient (Wildman–Crippen LogP) is -0.410. The lowest BCUT2D eigenvalue weighted by atomic mass is 15.7. The minimum absolute atomic E-state index is 2.00. The minimum Gasteiger partial charge on any atom is -0.209 e. The standard InChI is InChI=1S/3FHO/c3*1-2/h3*2H/i3*2T. The van der Waals surface area contributed by atoms with Crippen LogP contribution in [-0.4, -0.2) is 20.2 Å². The van der Waals surface area contributed by atoms with E-state index in [1.165, 1.54) is 0 Å². The van der Waals surface area contributed by atoms with Crippen LogP contribution in [0, 0.1) is 0 Å². The zero-order valence-electron chi connectivity index (χ0n) is 5.36. The Balaban J connectivity index is -0.0000000600. The SMILES string of the molecule is [3H]OF.[3H]OF.[3H]OF. The fraction of sp³-hybridized carbons (Fsp3) is 0. The summed E-state index contributed by atoms with van der Waals surface area (Å²) >= 11 is 0. The molecular formula is H3F3O3. The second-order valence-corrected chi connectivity index (χ2v) is 0. The Morgan fingerprint density at radius 1 is 1.00 bits per heavy atom. The molecule has 0 radical (unpaired) electrons. The lowest BCUT2D eigenvalue weighted by Gasteiger charge is -1.13. The van der Waals surface area contributed by atoms with Crippen LogP contribution in [0.3, 0.4) is 0 Å². The molecule has 0 aromatic heterocycles. The molecule has 0 amide bonds. The van der Waals surface area contributed by atoms with Gasteiger partial charge >= 0.3 is 0 Å². The molecule has 0 unspecified atom stereocenters. The van der Waals surface area contributed by atoms with E-state index in [2.05, 4.69) is 0 Å². The average Bonchev–Trinajstić information content (AvgIpc) is 1.70. The van der Waals surface area contributed by atoms with E-state index in [-0.39, 0.29) is 0 Å². The molecule has 0 aliphatic rings. The van der Waals surface area contributed by atoms with Gasteiger partial charge in [0.25, 0.3) is 4.29 Å². The molecular weight excluding hydrogens is 105 g/mol. The molecule has 0 heterocycles. The van der Waals surface area contributed by atoms with Gasteiger partial charge in [0.05, 0.1) is 0 Å². The van der Waals surface area contributed by atoms with E-state index >= 15 is 0 Å². The van der Waals surface area contributed by atoms with E-state index in [1.54, 1.807) is 0 Å². The maximum Gasteiger partial charge on any atom is 0.261 e. The highest BCUT2D eigenvalue weighted by molar-refractivity contribution is 1.98. The molecule has 3 nitrogen and oxygen atoms in total. The first-order chi connectivity index (χ1) is 4.24. The highest BCUT2D eigenvalue weighted by Crippen LogP contribution is 1.13. The molecule has 0 fully saturated rings. The molecule has 0 aromatic rings. The van der Waals surface area contributed by atoms with Gasteiger partial charge in [0.1, 0.15) is 0 Å². The first kappa shape index (κ1) is 3.85. The van der Waals surface area contributed by atoms with Crippen LogP contribution in [0.1, 0.15) is 0 Å². The lowest BCUT2D eigenvalue weighted by molar-refractivity contribution is -0.0442. The summed E-state index contributed by atoms with van der Waals surface area (Å²) in [5, 5.41) is 6.00. The van der Waals surface area contributed by atoms with Crippen molar-refractivity contribution in [1.82, 2.24) is 0 Å². The molecule has 0 aliphatic heterocycles. The van der Waals surface area contributed by atoms with Gasteiger partial charge < -0.3 is 0 Å². The van der Waals surface area contributed by atoms with Gasteiger partial charge in [-0.3, -0.25) is 0 Å². The Morgan fingerprint density at radius 3 is 1.00 bits per heavy atom. The Bertz CT molecular complexity index is 19.0. The summed E-state index contributed by atoms with van der Waals surface area (Å²) in [4.78, 5) is 0. The molecule has 0 bridgehead atoms. The molecule has 0 aromatic carbocycles. The topological polar surface area (TPSA) is 60.7 Å². The van der Waals surface area contributed by atoms with Crippen molar-refractivity contribution in [2.45, 2.75) is 0 Å². The maximum atomic E-state index is 9.46. The summed E-state index contributed by atoms with van der Waals surface area (Å²) in [6.07, 6.45) is 0. The van der Waals surface area contributed by atoms with Crippen molar-refractivity contribution in [3.8, 4) is 0 Å². The third kappa shape index (κ3) is 240. The Kier molecular flexibility index (Phi) is 370. The van der Waals surface area contributed by atoms with Crippen LogP contribution in [0.4, 0.5) is 13.6 Å². The summed E-state index contributed by atoms with van der Waals surface area (Å²) in [6, 6.07) is 0. The molecule has 0 atom stereocenters. The van der Waals surface area contributed by atoms with Crippen molar-refractivity contribution < 1.29 is 29.5 Å². The fourth-order valence-corrected chi connectivity index (χ4v) is 0. The van der Waals surface area contributed by atoms with E-state index in [1.807, 2.05) is 15.9 Å². The quantitative estimate of drug-likeness (QED) is 0.401. The van der Waals surface area contributed by atoms with Crippen molar-refractivity contribution in [2.75, 3.05) is 0 Å². The van der Waals surface area contributed by atoms with Gasteiger partial charge in [-0.25, -0.2) is 15.9 Å². The number of hydrogen-bond acceptors (Lipinski definition) is 3. The van der Waals surface area contributed by atoms with Gasteiger partial charge in [0.15, 0.2) is 0 Å². The van der Waals surface area contributed by atoms with E-state index in [4.69, 9.17) is 4.29 Å². The molecule has 0 saturated heterocycles. The predicted molar refractivity (Wildman–Crippen MR) is 9.98 cm³/mol. The van der Waals surface area contributed by atoms with Gasteiger partial charge in [-0.15, -0.1) is 0 Å². The largest absolute Gasteiger partial charge is 0.261 e. The first-order valence-electron chi connectivity index (χ1n) is 1.69. The van der Waals surface area contributed by atoms with Crippen LogP contribution in [-0.2, 0) is 0 Å². The molecule has 3 N–H and O–H groups in total. The first-order valence-corrected chi connectivity index (χ1v) is 0.463. The second-order valence-electron chi connectivity index (χ2n) is 0. The summed E-state index contributed by atoms with van der Waals surface area (Å²) in [5.41, 5.74) is 0. The summed E-state index contributed by atoms with van der Waals surface area (Å²) in [5.74, 6) is 0. The van der Waals surface area contributed by atoms with E-state index in [9.17, 15) is 13.6 Å². The third-order valence-electron chi connectivity index (χ3n) is 0. The highest BCUT2D eigenvalue weighted by atomic mass is 19.3. The van der Waals surface area contributed by atoms with Crippen molar-refractivity contribution in [2.24, 2.45) is 0 Å². The van der Waals surface area contributed by atoms with Gasteiger partial charge in [-0.1, -0.05) is 13.6 Å². The molecule has 0 spiro atoms. The number of halogens is 3. The normalized spacial score (nSPS) is 9.50. The summed E-state index contributed by atoms with van der Waals surface area (Å²) in [7, 11) is 0. The highest BCUT2D eigenvalue weighted by Gasteiger charge is 0.877. The van der Waals surface area contributed by atoms with Crippen molar-refractivity contribution >= 4 is 0 Å². The maximum absolute atomic E-state index is 9.46. The van der Waals surface area contributed by atoms with Gasteiger partial charge in [-0.05, 0) is 0 Å². The Morgan fingerprint density at radius 2 is 1.00 bits per heavy atom. The average molecular weight is 114 g/mol. The van der Waals surface area contributed by atoms with Crippen LogP contribution in [0.5, 0.6) is 0 Å². The molecule has 6 heteroatoms. The minimum atomic E-state index is 2.00. The van der Waals surface area contributed by atoms with Crippen LogP contribution in [0.15, 0.2) is 0 Å². The zero-order valence-corrected chi connectivity index (χ0v) is 2.36. The Labute approximate surface area is 35.4 Å². The van der Waals surface area contributed by atoms with Crippen molar-refractivity contribution in [3.63, 3.8) is 0 Å². The van der Waals surface area contributed by atoms with Crippen molar-refractivity contribution in [1.29, 1.82) is 4.29 Å². The van der Waals surface area contributed by atoms with Gasteiger partial charge in [0.2, 0.25) is 0 Å². The fourth-order valence-electron chi connectivity index (χ4n) is 0. The third-order valence-corrected chi connectivity index (χ3v) is 0. The smallest absolute Gasteiger partial charge is 0.209 e. The van der Waals surface area contributed by atoms with Gasteiger partial charge in [-0.2, -0.15) is 0 Å². The number of rotatable bonds is 0. The number of hydrogen-bond donors (Lipinski definition) is 3. The van der Waals surface area contributed by atoms with Crippen molar-refractivity contribution in [3.05, 3.63) is 0 Å². The van der Waals surface area contributed by atoms with E-state index in [0.717, 1.165) is 0 Å². The molecule has 0 aliphatic carbocycles. The summed E-state index contributed by atoms with van der Waals surface area (Å²) in [6.45, 7) is 0. The van der Waals surface area contributed by atoms with Crippen LogP contribution in [0.2, 0.25) is 0 Å². The Hall–Kier alpha value is -0.330. The zero-order chi connectivity index (χ0) is 8.12. The molecule has 42 valence electrons. The van der Waals surface area contributed by atoms with Crippen LogP contribution < -0.4 is 0 Å². The van der Waals surface area contributed by atoms with E-state index in [0.29, 0.717) is 0 Å². The van der Waals surface area contributed by atoms with Gasteiger partial charge in [0, 0.05) is 0 Å². The van der Waals surface area contributed by atoms with E-state index < -0.39 is 0 Å². The molecule has 6 heavy (non-hydrogen) atoms. The van der Waals surface area contributed by atoms with Crippen LogP contribution >= 0.6 is 0 Å².